The first-order valence-corrected chi connectivity index (χ1v) is 10.2. The molecule has 7 heteroatoms. The summed E-state index contributed by atoms with van der Waals surface area (Å²) < 4.78 is 31.0. The Bertz CT molecular complexity index is 1240. The SMILES string of the molecule is COc1ccccc1-c1ccnc2cc(S(=O)(=O)Cc3ccncn3)ccc12. The maximum absolute atomic E-state index is 12.8. The van der Waals surface area contributed by atoms with Crippen molar-refractivity contribution < 1.29 is 13.2 Å². The average molecular weight is 391 g/mol. The number of ether oxygens (including phenoxy) is 1. The summed E-state index contributed by atoms with van der Waals surface area (Å²) >= 11 is 0. The number of pyridine rings is 1. The topological polar surface area (TPSA) is 82.0 Å². The van der Waals surface area contributed by atoms with E-state index in [-0.39, 0.29) is 10.6 Å². The lowest BCUT2D eigenvalue weighted by atomic mass is 10.0. The van der Waals surface area contributed by atoms with Crippen LogP contribution in [0, 0.1) is 0 Å². The van der Waals surface area contributed by atoms with E-state index >= 15 is 0 Å². The lowest BCUT2D eigenvalue weighted by Crippen LogP contribution is -2.06. The molecule has 140 valence electrons. The molecular weight excluding hydrogens is 374 g/mol. The van der Waals surface area contributed by atoms with Gasteiger partial charge in [0.05, 0.1) is 29.0 Å². The molecule has 0 saturated heterocycles. The van der Waals surface area contributed by atoms with Crippen LogP contribution in [0.2, 0.25) is 0 Å². The predicted molar refractivity (Wildman–Crippen MR) is 107 cm³/mol. The molecule has 0 atom stereocenters. The molecule has 4 rings (SSSR count). The zero-order chi connectivity index (χ0) is 19.6. The monoisotopic (exact) mass is 391 g/mol. The highest BCUT2D eigenvalue weighted by Gasteiger charge is 2.18. The van der Waals surface area contributed by atoms with E-state index in [0.29, 0.717) is 11.2 Å². The number of para-hydroxylation sites is 1. The molecule has 0 aliphatic heterocycles. The van der Waals surface area contributed by atoms with Crippen LogP contribution in [0.25, 0.3) is 22.0 Å². The van der Waals surface area contributed by atoms with Crippen molar-refractivity contribution in [3.05, 3.63) is 79.0 Å². The third kappa shape index (κ3) is 3.44. The summed E-state index contributed by atoms with van der Waals surface area (Å²) in [5.41, 5.74) is 2.91. The molecule has 0 spiro atoms. The Labute approximate surface area is 162 Å². The maximum Gasteiger partial charge on any atom is 0.184 e. The van der Waals surface area contributed by atoms with Gasteiger partial charge < -0.3 is 4.74 Å². The van der Waals surface area contributed by atoms with Gasteiger partial charge in [-0.2, -0.15) is 0 Å². The van der Waals surface area contributed by atoms with Gasteiger partial charge in [-0.3, -0.25) is 4.98 Å². The number of methoxy groups -OCH3 is 1. The summed E-state index contributed by atoms with van der Waals surface area (Å²) in [6, 6.07) is 16.2. The Morgan fingerprint density at radius 3 is 2.57 bits per heavy atom. The molecule has 0 amide bonds. The fraction of sp³-hybridized carbons (Fsp3) is 0.0952. The van der Waals surface area contributed by atoms with Crippen molar-refractivity contribution in [2.45, 2.75) is 10.6 Å². The lowest BCUT2D eigenvalue weighted by Gasteiger charge is -2.12. The Balaban J connectivity index is 1.79. The van der Waals surface area contributed by atoms with Crippen LogP contribution < -0.4 is 4.74 Å². The highest BCUT2D eigenvalue weighted by atomic mass is 32.2. The van der Waals surface area contributed by atoms with Crippen molar-refractivity contribution in [2.24, 2.45) is 0 Å². The summed E-state index contributed by atoms with van der Waals surface area (Å²) in [4.78, 5) is 12.4. The number of nitrogens with zero attached hydrogens (tertiary/aromatic N) is 3. The van der Waals surface area contributed by atoms with E-state index in [1.54, 1.807) is 37.6 Å². The van der Waals surface area contributed by atoms with Gasteiger partial charge in [-0.1, -0.05) is 24.3 Å². The molecular formula is C21H17N3O3S. The summed E-state index contributed by atoms with van der Waals surface area (Å²) in [6.45, 7) is 0. The third-order valence-electron chi connectivity index (χ3n) is 4.45. The van der Waals surface area contributed by atoms with Gasteiger partial charge in [0.2, 0.25) is 0 Å². The second-order valence-electron chi connectivity index (χ2n) is 6.20. The third-order valence-corrected chi connectivity index (χ3v) is 6.10. The molecule has 0 aliphatic rings. The van der Waals surface area contributed by atoms with Gasteiger partial charge in [-0.05, 0) is 35.9 Å². The van der Waals surface area contributed by atoms with Gasteiger partial charge in [0.1, 0.15) is 12.1 Å². The number of hydrogen-bond donors (Lipinski definition) is 0. The fourth-order valence-corrected chi connectivity index (χ4v) is 4.40. The molecule has 2 aromatic carbocycles. The standard InChI is InChI=1S/C21H17N3O3S/c1-27-21-5-3-2-4-19(21)17-9-11-23-20-12-16(6-7-18(17)20)28(25,26)13-15-8-10-22-14-24-15/h2-12,14H,13H2,1H3. The molecule has 0 radical (unpaired) electrons. The molecule has 0 unspecified atom stereocenters. The van der Waals surface area contributed by atoms with Crippen molar-refractivity contribution in [1.29, 1.82) is 0 Å². The van der Waals surface area contributed by atoms with E-state index in [1.807, 2.05) is 30.3 Å². The van der Waals surface area contributed by atoms with E-state index in [0.717, 1.165) is 22.3 Å². The van der Waals surface area contributed by atoms with Crippen LogP contribution in [-0.2, 0) is 15.6 Å². The van der Waals surface area contributed by atoms with Crippen LogP contribution >= 0.6 is 0 Å². The summed E-state index contributed by atoms with van der Waals surface area (Å²) in [5.74, 6) is 0.559. The molecule has 0 N–H and O–H groups in total. The van der Waals surface area contributed by atoms with Gasteiger partial charge in [-0.25, -0.2) is 18.4 Å². The minimum absolute atomic E-state index is 0.187. The highest BCUT2D eigenvalue weighted by molar-refractivity contribution is 7.90. The molecule has 4 aromatic rings. The lowest BCUT2D eigenvalue weighted by molar-refractivity contribution is 0.416. The summed E-state index contributed by atoms with van der Waals surface area (Å²) in [7, 11) is -1.93. The molecule has 2 aromatic heterocycles. The van der Waals surface area contributed by atoms with Crippen LogP contribution in [0.4, 0.5) is 0 Å². The predicted octanol–water partition coefficient (Wildman–Crippen LogP) is 3.67. The quantitative estimate of drug-likeness (QED) is 0.516. The average Bonchev–Trinajstić information content (AvgIpc) is 2.73. The van der Waals surface area contributed by atoms with E-state index < -0.39 is 9.84 Å². The van der Waals surface area contributed by atoms with Crippen LogP contribution in [0.15, 0.2) is 78.2 Å². The maximum atomic E-state index is 12.8. The Morgan fingerprint density at radius 1 is 0.929 bits per heavy atom. The summed E-state index contributed by atoms with van der Waals surface area (Å²) in [5, 5.41) is 0.855. The van der Waals surface area contributed by atoms with Crippen LogP contribution in [0.5, 0.6) is 5.75 Å². The summed E-state index contributed by atoms with van der Waals surface area (Å²) in [6.07, 6.45) is 4.54. The number of aromatic nitrogens is 3. The number of fused-ring (bicyclic) bond motifs is 1. The van der Waals surface area contributed by atoms with Crippen LogP contribution in [-0.4, -0.2) is 30.5 Å². The molecule has 0 saturated carbocycles. The largest absolute Gasteiger partial charge is 0.496 e. The number of rotatable bonds is 5. The Kier molecular flexibility index (Phi) is 4.75. The van der Waals surface area contributed by atoms with Crippen molar-refractivity contribution in [2.75, 3.05) is 7.11 Å². The molecule has 0 fully saturated rings. The van der Waals surface area contributed by atoms with Gasteiger partial charge in [0, 0.05) is 23.3 Å². The van der Waals surface area contributed by atoms with Crippen molar-refractivity contribution in [3.63, 3.8) is 0 Å². The first-order valence-electron chi connectivity index (χ1n) is 8.58. The minimum atomic E-state index is -3.55. The molecule has 28 heavy (non-hydrogen) atoms. The van der Waals surface area contributed by atoms with Crippen LogP contribution in [0.3, 0.4) is 0 Å². The van der Waals surface area contributed by atoms with E-state index in [2.05, 4.69) is 15.0 Å². The number of hydrogen-bond acceptors (Lipinski definition) is 6. The number of benzene rings is 2. The second-order valence-corrected chi connectivity index (χ2v) is 8.19. The second kappa shape index (κ2) is 7.36. The van der Waals surface area contributed by atoms with Gasteiger partial charge >= 0.3 is 0 Å². The van der Waals surface area contributed by atoms with Crippen molar-refractivity contribution in [1.82, 2.24) is 15.0 Å². The molecule has 0 aliphatic carbocycles. The molecule has 6 nitrogen and oxygen atoms in total. The normalized spacial score (nSPS) is 11.5. The Morgan fingerprint density at radius 2 is 1.79 bits per heavy atom. The van der Waals surface area contributed by atoms with Gasteiger partial charge in [-0.15, -0.1) is 0 Å². The Hall–Kier alpha value is -3.32. The zero-order valence-corrected chi connectivity index (χ0v) is 15.9. The van der Waals surface area contributed by atoms with Crippen LogP contribution in [0.1, 0.15) is 5.69 Å². The first-order chi connectivity index (χ1) is 13.6. The van der Waals surface area contributed by atoms with Crippen molar-refractivity contribution >= 4 is 20.7 Å². The van der Waals surface area contributed by atoms with Gasteiger partial charge in [0.15, 0.2) is 9.84 Å². The van der Waals surface area contributed by atoms with Gasteiger partial charge in [0.25, 0.3) is 0 Å². The highest BCUT2D eigenvalue weighted by Crippen LogP contribution is 2.34. The minimum Gasteiger partial charge on any atom is -0.496 e. The van der Waals surface area contributed by atoms with Crippen molar-refractivity contribution in [3.8, 4) is 16.9 Å². The molecule has 0 bridgehead atoms. The fourth-order valence-electron chi connectivity index (χ4n) is 3.10. The zero-order valence-electron chi connectivity index (χ0n) is 15.1. The van der Waals surface area contributed by atoms with E-state index in [9.17, 15) is 8.42 Å². The smallest absolute Gasteiger partial charge is 0.184 e. The first kappa shape index (κ1) is 18.1. The number of sulfone groups is 1. The van der Waals surface area contributed by atoms with E-state index in [1.165, 1.54) is 12.5 Å². The molecule has 2 heterocycles. The van der Waals surface area contributed by atoms with E-state index in [4.69, 9.17) is 4.74 Å².